The zero-order chi connectivity index (χ0) is 27.6. The lowest BCUT2D eigenvalue weighted by Gasteiger charge is -2.35. The molecule has 0 heterocycles. The van der Waals surface area contributed by atoms with Crippen LogP contribution in [0.5, 0.6) is 0 Å². The zero-order valence-corrected chi connectivity index (χ0v) is 22.3. The Morgan fingerprint density at radius 2 is 1.21 bits per heavy atom. The van der Waals surface area contributed by atoms with Gasteiger partial charge < -0.3 is 9.47 Å². The molecule has 7 heteroatoms. The minimum absolute atomic E-state index is 0.0585. The number of benzene rings is 3. The first-order valence-electron chi connectivity index (χ1n) is 12.6. The summed E-state index contributed by atoms with van der Waals surface area (Å²) in [5.74, 6) is -2.35. The highest BCUT2D eigenvalue weighted by Crippen LogP contribution is 2.39. The van der Waals surface area contributed by atoms with Gasteiger partial charge in [0.2, 0.25) is 5.91 Å². The number of carbonyl (C=O) groups excluding carboxylic acids is 3. The molecule has 3 aromatic rings. The minimum Gasteiger partial charge on any atom is -0.469 e. The highest BCUT2D eigenvalue weighted by molar-refractivity contribution is 5.81. The van der Waals surface area contributed by atoms with Crippen LogP contribution in [-0.2, 0) is 34.3 Å². The molecule has 0 aliphatic heterocycles. The third-order valence-corrected chi connectivity index (χ3v) is 5.95. The first kappa shape index (κ1) is 28.6. The second kappa shape index (κ2) is 13.0. The fourth-order valence-corrected chi connectivity index (χ4v) is 4.24. The van der Waals surface area contributed by atoms with Crippen LogP contribution in [0.2, 0.25) is 0 Å². The van der Waals surface area contributed by atoms with E-state index in [1.54, 1.807) is 20.8 Å². The SMILES string of the molecule is COC(=O)C(CCC(=O)NOC(c1ccccc1)(c1ccccc1)c1ccccc1)CC(=O)OC(C)(C)C. The summed E-state index contributed by atoms with van der Waals surface area (Å²) in [4.78, 5) is 43.9. The van der Waals surface area contributed by atoms with Crippen molar-refractivity contribution in [2.75, 3.05) is 7.11 Å². The van der Waals surface area contributed by atoms with Crippen molar-refractivity contribution in [2.45, 2.75) is 51.2 Å². The molecule has 3 aromatic carbocycles. The Bertz CT molecular complexity index is 1090. The van der Waals surface area contributed by atoms with Gasteiger partial charge in [-0.2, -0.15) is 0 Å². The second-order valence-electron chi connectivity index (χ2n) is 9.96. The number of hydrogen-bond acceptors (Lipinski definition) is 6. The molecule has 1 unspecified atom stereocenters. The molecule has 1 atom stereocenters. The minimum atomic E-state index is -1.13. The number of amides is 1. The fraction of sp³-hybridized carbons (Fsp3) is 0.323. The van der Waals surface area contributed by atoms with Crippen LogP contribution in [0.25, 0.3) is 0 Å². The molecule has 0 aliphatic rings. The smallest absolute Gasteiger partial charge is 0.309 e. The number of hydroxylamine groups is 1. The van der Waals surface area contributed by atoms with Gasteiger partial charge in [0, 0.05) is 6.42 Å². The van der Waals surface area contributed by atoms with E-state index in [-0.39, 0.29) is 19.3 Å². The Hall–Kier alpha value is -3.97. The lowest BCUT2D eigenvalue weighted by atomic mass is 9.80. The molecule has 0 saturated heterocycles. The Morgan fingerprint density at radius 3 is 1.61 bits per heavy atom. The van der Waals surface area contributed by atoms with Crippen LogP contribution in [0.4, 0.5) is 0 Å². The number of esters is 2. The highest BCUT2D eigenvalue weighted by Gasteiger charge is 2.39. The summed E-state index contributed by atoms with van der Waals surface area (Å²) >= 11 is 0. The number of hydrogen-bond donors (Lipinski definition) is 1. The van der Waals surface area contributed by atoms with E-state index in [1.165, 1.54) is 7.11 Å². The number of carbonyl (C=O) groups is 3. The molecule has 1 N–H and O–H groups in total. The quantitative estimate of drug-likeness (QED) is 0.210. The molecule has 0 aliphatic carbocycles. The lowest BCUT2D eigenvalue weighted by molar-refractivity contribution is -0.161. The Balaban J connectivity index is 1.82. The predicted molar refractivity (Wildman–Crippen MR) is 144 cm³/mol. The van der Waals surface area contributed by atoms with Crippen LogP contribution < -0.4 is 5.48 Å². The van der Waals surface area contributed by atoms with Crippen LogP contribution in [0.3, 0.4) is 0 Å². The van der Waals surface area contributed by atoms with Crippen molar-refractivity contribution in [1.29, 1.82) is 0 Å². The van der Waals surface area contributed by atoms with Gasteiger partial charge in [0.05, 0.1) is 19.4 Å². The van der Waals surface area contributed by atoms with Gasteiger partial charge in [0.1, 0.15) is 5.60 Å². The normalized spacial score (nSPS) is 12.3. The van der Waals surface area contributed by atoms with Gasteiger partial charge in [-0.05, 0) is 43.9 Å². The molecule has 0 fully saturated rings. The van der Waals surface area contributed by atoms with E-state index in [1.807, 2.05) is 91.0 Å². The maximum absolute atomic E-state index is 13.0. The third-order valence-electron chi connectivity index (χ3n) is 5.95. The van der Waals surface area contributed by atoms with Crippen molar-refractivity contribution in [3.05, 3.63) is 108 Å². The summed E-state index contributed by atoms with van der Waals surface area (Å²) in [7, 11) is 1.25. The number of ether oxygens (including phenoxy) is 2. The van der Waals surface area contributed by atoms with Crippen molar-refractivity contribution in [2.24, 2.45) is 5.92 Å². The molecule has 3 rings (SSSR count). The van der Waals surface area contributed by atoms with Crippen molar-refractivity contribution in [3.8, 4) is 0 Å². The maximum Gasteiger partial charge on any atom is 0.309 e. The van der Waals surface area contributed by atoms with E-state index in [4.69, 9.17) is 14.3 Å². The monoisotopic (exact) mass is 517 g/mol. The third kappa shape index (κ3) is 7.52. The van der Waals surface area contributed by atoms with Gasteiger partial charge in [-0.3, -0.25) is 19.2 Å². The maximum atomic E-state index is 13.0. The molecule has 0 bridgehead atoms. The molecular weight excluding hydrogens is 482 g/mol. The molecule has 0 saturated carbocycles. The summed E-state index contributed by atoms with van der Waals surface area (Å²) in [6.07, 6.45) is -0.146. The van der Waals surface area contributed by atoms with Gasteiger partial charge in [-0.15, -0.1) is 0 Å². The van der Waals surface area contributed by atoms with E-state index in [0.717, 1.165) is 16.7 Å². The van der Waals surface area contributed by atoms with E-state index in [0.29, 0.717) is 0 Å². The number of methoxy groups -OCH3 is 1. The highest BCUT2D eigenvalue weighted by atomic mass is 16.7. The summed E-state index contributed by atoms with van der Waals surface area (Å²) in [5, 5.41) is 0. The summed E-state index contributed by atoms with van der Waals surface area (Å²) < 4.78 is 10.2. The van der Waals surface area contributed by atoms with Gasteiger partial charge in [0.25, 0.3) is 0 Å². The second-order valence-corrected chi connectivity index (χ2v) is 9.96. The summed E-state index contributed by atoms with van der Waals surface area (Å²) in [5.41, 5.74) is 3.29. The van der Waals surface area contributed by atoms with Gasteiger partial charge in [-0.25, -0.2) is 5.48 Å². The standard InChI is InChI=1S/C31H35NO6/c1-30(2,3)37-28(34)22-23(29(35)36-4)20-21-27(33)32-38-31(24-14-8-5-9-15-24,25-16-10-6-11-17-25)26-18-12-7-13-19-26/h5-19,23H,20-22H2,1-4H3,(H,32,33). The van der Waals surface area contributed by atoms with Gasteiger partial charge in [-0.1, -0.05) is 91.0 Å². The van der Waals surface area contributed by atoms with E-state index in [9.17, 15) is 14.4 Å². The molecule has 0 radical (unpaired) electrons. The summed E-state index contributed by atoms with van der Waals surface area (Å²) in [6, 6.07) is 28.9. The Morgan fingerprint density at radius 1 is 0.763 bits per heavy atom. The van der Waals surface area contributed by atoms with E-state index >= 15 is 0 Å². The fourth-order valence-electron chi connectivity index (χ4n) is 4.24. The first-order valence-corrected chi connectivity index (χ1v) is 12.6. The average Bonchev–Trinajstić information content (AvgIpc) is 2.91. The van der Waals surface area contributed by atoms with Crippen molar-refractivity contribution >= 4 is 17.8 Å². The summed E-state index contributed by atoms with van der Waals surface area (Å²) in [6.45, 7) is 5.25. The Labute approximate surface area is 224 Å². The molecule has 1 amide bonds. The lowest BCUT2D eigenvalue weighted by Crippen LogP contribution is -2.40. The first-order chi connectivity index (χ1) is 18.2. The molecule has 0 spiro atoms. The van der Waals surface area contributed by atoms with Crippen LogP contribution in [0.1, 0.15) is 56.7 Å². The van der Waals surface area contributed by atoms with E-state index in [2.05, 4.69) is 5.48 Å². The number of rotatable bonds is 11. The van der Waals surface area contributed by atoms with Gasteiger partial charge in [0.15, 0.2) is 5.60 Å². The van der Waals surface area contributed by atoms with Crippen molar-refractivity contribution in [3.63, 3.8) is 0 Å². The average molecular weight is 518 g/mol. The molecular formula is C31H35NO6. The predicted octanol–water partition coefficient (Wildman–Crippen LogP) is 5.33. The molecule has 200 valence electrons. The molecule has 0 aromatic heterocycles. The Kier molecular flexibility index (Phi) is 9.79. The van der Waals surface area contributed by atoms with Crippen LogP contribution in [0.15, 0.2) is 91.0 Å². The van der Waals surface area contributed by atoms with Gasteiger partial charge >= 0.3 is 11.9 Å². The van der Waals surface area contributed by atoms with Crippen molar-refractivity contribution in [1.82, 2.24) is 5.48 Å². The van der Waals surface area contributed by atoms with Crippen molar-refractivity contribution < 1.29 is 28.7 Å². The molecule has 38 heavy (non-hydrogen) atoms. The van der Waals surface area contributed by atoms with E-state index < -0.39 is 35.0 Å². The van der Waals surface area contributed by atoms with Crippen LogP contribution in [0, 0.1) is 5.92 Å². The largest absolute Gasteiger partial charge is 0.469 e. The van der Waals surface area contributed by atoms with Crippen LogP contribution in [-0.4, -0.2) is 30.6 Å². The van der Waals surface area contributed by atoms with Crippen LogP contribution >= 0.6 is 0 Å². The zero-order valence-electron chi connectivity index (χ0n) is 22.3. The number of nitrogens with one attached hydrogen (secondary N) is 1. The molecule has 7 nitrogen and oxygen atoms in total. The topological polar surface area (TPSA) is 90.9 Å².